The maximum Gasteiger partial charge on any atom is 0.251 e. The van der Waals surface area contributed by atoms with Gasteiger partial charge in [-0.2, -0.15) is 0 Å². The van der Waals surface area contributed by atoms with Crippen LogP contribution >= 0.6 is 0 Å². The van der Waals surface area contributed by atoms with Crippen molar-refractivity contribution in [3.8, 4) is 16.9 Å². The number of amides is 1. The minimum absolute atomic E-state index is 0.159. The van der Waals surface area contributed by atoms with Crippen LogP contribution in [0.25, 0.3) is 11.1 Å². The van der Waals surface area contributed by atoms with E-state index in [0.717, 1.165) is 11.1 Å². The van der Waals surface area contributed by atoms with Crippen LogP contribution in [0.3, 0.4) is 0 Å². The lowest BCUT2D eigenvalue weighted by Gasteiger charge is -2.12. The molecule has 0 aliphatic heterocycles. The third-order valence-electron chi connectivity index (χ3n) is 2.92. The highest BCUT2D eigenvalue weighted by molar-refractivity contribution is 6.01. The van der Waals surface area contributed by atoms with Gasteiger partial charge >= 0.3 is 0 Å². The molecule has 1 amide bonds. The molecule has 0 atom stereocenters. The lowest BCUT2D eigenvalue weighted by molar-refractivity contribution is 0.0964. The first-order valence-electron chi connectivity index (χ1n) is 5.75. The smallest absolute Gasteiger partial charge is 0.251 e. The van der Waals surface area contributed by atoms with Crippen molar-refractivity contribution in [3.63, 3.8) is 0 Å². The summed E-state index contributed by atoms with van der Waals surface area (Å²) in [6.45, 7) is 1.91. The maximum absolute atomic E-state index is 11.8. The largest absolute Gasteiger partial charge is 0.507 e. The highest BCUT2D eigenvalue weighted by Gasteiger charge is 2.15. The molecule has 3 heteroatoms. The zero-order valence-electron chi connectivity index (χ0n) is 10.4. The lowest BCUT2D eigenvalue weighted by Crippen LogP contribution is -2.18. The van der Waals surface area contributed by atoms with Crippen LogP contribution in [-0.2, 0) is 0 Å². The Kier molecular flexibility index (Phi) is 3.33. The first-order valence-corrected chi connectivity index (χ1v) is 5.75. The molecule has 18 heavy (non-hydrogen) atoms. The molecule has 0 saturated heterocycles. The molecule has 0 fully saturated rings. The van der Waals surface area contributed by atoms with Gasteiger partial charge in [0.05, 0.1) is 0 Å². The number of phenolic OH excluding ortho intramolecular Hbond substituents is 1. The van der Waals surface area contributed by atoms with Gasteiger partial charge in [-0.15, -0.1) is 0 Å². The Morgan fingerprint density at radius 2 is 1.83 bits per heavy atom. The number of nitrogens with one attached hydrogen (secondary N) is 1. The van der Waals surface area contributed by atoms with Crippen molar-refractivity contribution < 1.29 is 9.90 Å². The van der Waals surface area contributed by atoms with E-state index in [-0.39, 0.29) is 11.7 Å². The van der Waals surface area contributed by atoms with Crippen LogP contribution in [0.1, 0.15) is 15.9 Å². The summed E-state index contributed by atoms with van der Waals surface area (Å²) in [5.74, 6) is 0.0274. The monoisotopic (exact) mass is 241 g/mol. The fourth-order valence-electron chi connectivity index (χ4n) is 2.04. The molecular weight excluding hydrogens is 226 g/mol. The van der Waals surface area contributed by atoms with Crippen LogP contribution < -0.4 is 5.32 Å². The number of aromatic hydroxyl groups is 1. The number of carbonyl (C=O) groups is 1. The van der Waals surface area contributed by atoms with Gasteiger partial charge in [-0.1, -0.05) is 30.3 Å². The second-order valence-corrected chi connectivity index (χ2v) is 4.09. The van der Waals surface area contributed by atoms with Gasteiger partial charge in [0.25, 0.3) is 5.91 Å². The number of hydrogen-bond acceptors (Lipinski definition) is 2. The molecule has 0 heterocycles. The van der Waals surface area contributed by atoms with Crippen molar-refractivity contribution in [2.24, 2.45) is 0 Å². The molecule has 3 nitrogen and oxygen atoms in total. The Morgan fingerprint density at radius 1 is 1.11 bits per heavy atom. The molecule has 2 aromatic rings. The zero-order chi connectivity index (χ0) is 13.1. The molecule has 0 aliphatic carbocycles. The Bertz CT molecular complexity index is 571. The summed E-state index contributed by atoms with van der Waals surface area (Å²) in [7, 11) is 1.59. The average molecular weight is 241 g/mol. The van der Waals surface area contributed by atoms with E-state index in [9.17, 15) is 9.90 Å². The molecule has 0 aromatic heterocycles. The van der Waals surface area contributed by atoms with Gasteiger partial charge < -0.3 is 10.4 Å². The van der Waals surface area contributed by atoms with Gasteiger partial charge in [0.1, 0.15) is 5.75 Å². The summed E-state index contributed by atoms with van der Waals surface area (Å²) < 4.78 is 0. The predicted molar refractivity (Wildman–Crippen MR) is 71.7 cm³/mol. The zero-order valence-corrected chi connectivity index (χ0v) is 10.4. The number of hydrogen-bond donors (Lipinski definition) is 2. The van der Waals surface area contributed by atoms with E-state index in [4.69, 9.17) is 0 Å². The number of phenols is 1. The first kappa shape index (κ1) is 12.2. The van der Waals surface area contributed by atoms with E-state index in [1.54, 1.807) is 25.2 Å². The quantitative estimate of drug-likeness (QED) is 0.849. The number of carbonyl (C=O) groups excluding carboxylic acids is 1. The highest BCUT2D eigenvalue weighted by Crippen LogP contribution is 2.34. The van der Waals surface area contributed by atoms with Gasteiger partial charge in [0.2, 0.25) is 0 Å². The van der Waals surface area contributed by atoms with Crippen molar-refractivity contribution >= 4 is 5.91 Å². The Hall–Kier alpha value is -2.29. The summed E-state index contributed by atoms with van der Waals surface area (Å²) >= 11 is 0. The Labute approximate surface area is 106 Å². The van der Waals surface area contributed by atoms with Crippen LogP contribution in [0.5, 0.6) is 5.75 Å². The third kappa shape index (κ3) is 2.07. The molecule has 2 aromatic carbocycles. The second-order valence-electron chi connectivity index (χ2n) is 4.09. The SMILES string of the molecule is CNC(=O)c1ccccc1-c1c(C)cccc1O. The van der Waals surface area contributed by atoms with Crippen molar-refractivity contribution in [2.45, 2.75) is 6.92 Å². The van der Waals surface area contributed by atoms with Gasteiger partial charge in [-0.3, -0.25) is 4.79 Å². The summed E-state index contributed by atoms with van der Waals surface area (Å²) in [5.41, 5.74) is 2.94. The molecule has 0 saturated carbocycles. The van der Waals surface area contributed by atoms with E-state index in [1.807, 2.05) is 31.2 Å². The summed E-state index contributed by atoms with van der Waals surface area (Å²) in [6, 6.07) is 12.6. The van der Waals surface area contributed by atoms with E-state index < -0.39 is 0 Å². The number of rotatable bonds is 2. The van der Waals surface area contributed by atoms with E-state index >= 15 is 0 Å². The summed E-state index contributed by atoms with van der Waals surface area (Å²) in [4.78, 5) is 11.8. The van der Waals surface area contributed by atoms with Crippen LogP contribution in [0.4, 0.5) is 0 Å². The van der Waals surface area contributed by atoms with Crippen molar-refractivity contribution in [1.29, 1.82) is 0 Å². The molecule has 0 unspecified atom stereocenters. The molecule has 92 valence electrons. The van der Waals surface area contributed by atoms with Crippen molar-refractivity contribution in [3.05, 3.63) is 53.6 Å². The van der Waals surface area contributed by atoms with Crippen LogP contribution in [0.15, 0.2) is 42.5 Å². The molecule has 2 rings (SSSR count). The van der Waals surface area contributed by atoms with Crippen LogP contribution in [0, 0.1) is 6.92 Å². The summed E-state index contributed by atoms with van der Waals surface area (Å²) in [6.07, 6.45) is 0. The van der Waals surface area contributed by atoms with Gasteiger partial charge in [-0.05, 0) is 30.2 Å². The first-order chi connectivity index (χ1) is 8.65. The van der Waals surface area contributed by atoms with Gasteiger partial charge in [0.15, 0.2) is 0 Å². The molecule has 0 radical (unpaired) electrons. The van der Waals surface area contributed by atoms with Crippen LogP contribution in [-0.4, -0.2) is 18.1 Å². The highest BCUT2D eigenvalue weighted by atomic mass is 16.3. The minimum Gasteiger partial charge on any atom is -0.507 e. The normalized spacial score (nSPS) is 10.1. The minimum atomic E-state index is -0.159. The molecular formula is C15H15NO2. The van der Waals surface area contributed by atoms with Crippen molar-refractivity contribution in [2.75, 3.05) is 7.05 Å². The standard InChI is InChI=1S/C15H15NO2/c1-10-6-5-9-13(17)14(10)11-7-3-4-8-12(11)15(18)16-2/h3-9,17H,1-2H3,(H,16,18). The second kappa shape index (κ2) is 4.92. The topological polar surface area (TPSA) is 49.3 Å². The van der Waals surface area contributed by atoms with E-state index in [2.05, 4.69) is 5.32 Å². The average Bonchev–Trinajstić information content (AvgIpc) is 2.38. The van der Waals surface area contributed by atoms with Crippen LogP contribution in [0.2, 0.25) is 0 Å². The summed E-state index contributed by atoms with van der Waals surface area (Å²) in [5, 5.41) is 12.6. The lowest BCUT2D eigenvalue weighted by atomic mass is 9.95. The fraction of sp³-hybridized carbons (Fsp3) is 0.133. The molecule has 2 N–H and O–H groups in total. The Balaban J connectivity index is 2.68. The van der Waals surface area contributed by atoms with E-state index in [0.29, 0.717) is 11.1 Å². The fourth-order valence-corrected chi connectivity index (χ4v) is 2.04. The van der Waals surface area contributed by atoms with Gasteiger partial charge in [0, 0.05) is 18.2 Å². The third-order valence-corrected chi connectivity index (χ3v) is 2.92. The predicted octanol–water partition coefficient (Wildman–Crippen LogP) is 2.73. The molecule has 0 aliphatic rings. The van der Waals surface area contributed by atoms with Gasteiger partial charge in [-0.25, -0.2) is 0 Å². The molecule has 0 bridgehead atoms. The van der Waals surface area contributed by atoms with E-state index in [1.165, 1.54) is 0 Å². The number of aryl methyl sites for hydroxylation is 1. The molecule has 0 spiro atoms. The maximum atomic E-state index is 11.8. The number of benzene rings is 2. The van der Waals surface area contributed by atoms with Crippen molar-refractivity contribution in [1.82, 2.24) is 5.32 Å². The Morgan fingerprint density at radius 3 is 2.50 bits per heavy atom.